The van der Waals surface area contributed by atoms with Gasteiger partial charge in [0, 0.05) is 30.1 Å². The smallest absolute Gasteiger partial charge is 0.283 e. The summed E-state index contributed by atoms with van der Waals surface area (Å²) < 4.78 is 43.7. The summed E-state index contributed by atoms with van der Waals surface area (Å²) in [5.41, 5.74) is 0.606. The lowest BCUT2D eigenvalue weighted by molar-refractivity contribution is 0.139. The van der Waals surface area contributed by atoms with Crippen molar-refractivity contribution in [3.8, 4) is 6.07 Å². The molecule has 0 bridgehead atoms. The molecule has 0 spiro atoms. The first kappa shape index (κ1) is 22.1. The molecule has 3 aromatic rings. The van der Waals surface area contributed by atoms with Crippen LogP contribution in [0.2, 0.25) is 0 Å². The number of benzene rings is 1. The van der Waals surface area contributed by atoms with Crippen molar-refractivity contribution >= 4 is 29.8 Å². The molecule has 3 heterocycles. The van der Waals surface area contributed by atoms with Crippen LogP contribution in [0.4, 0.5) is 19.0 Å². The molecule has 0 amide bonds. The number of aromatic nitrogens is 3. The molecule has 7 nitrogen and oxygen atoms in total. The number of hydrogen-bond donors (Lipinski definition) is 2. The van der Waals surface area contributed by atoms with Gasteiger partial charge in [-0.1, -0.05) is 12.1 Å². The fourth-order valence-corrected chi connectivity index (χ4v) is 4.40. The van der Waals surface area contributed by atoms with Crippen LogP contribution < -0.4 is 15.3 Å². The molecule has 0 radical (unpaired) electrons. The van der Waals surface area contributed by atoms with E-state index in [1.54, 1.807) is 36.1 Å². The monoisotopic (exact) mass is 466 g/mol. The Morgan fingerprint density at radius 3 is 2.62 bits per heavy atom. The fourth-order valence-electron chi connectivity index (χ4n) is 4.40. The van der Waals surface area contributed by atoms with E-state index in [0.29, 0.717) is 27.9 Å². The number of halogens is 3. The molecule has 1 saturated carbocycles. The minimum atomic E-state index is -2.96. The summed E-state index contributed by atoms with van der Waals surface area (Å²) in [4.78, 5) is 6.16. The molecule has 5 rings (SSSR count). The zero-order valence-electron chi connectivity index (χ0n) is 18.3. The van der Waals surface area contributed by atoms with Crippen LogP contribution in [0.5, 0.6) is 0 Å². The van der Waals surface area contributed by atoms with Gasteiger partial charge in [-0.2, -0.15) is 14.9 Å². The average Bonchev–Trinajstić information content (AvgIpc) is 3.55. The summed E-state index contributed by atoms with van der Waals surface area (Å²) >= 11 is 0. The molecule has 2 aliphatic rings. The third-order valence-electron chi connectivity index (χ3n) is 6.28. The molecule has 1 aliphatic heterocycles. The maximum atomic E-state index is 15.3. The van der Waals surface area contributed by atoms with Crippen molar-refractivity contribution in [1.82, 2.24) is 14.6 Å². The number of nitrogens with one attached hydrogen (secondary N) is 1. The maximum Gasteiger partial charge on any atom is 0.283 e. The lowest BCUT2D eigenvalue weighted by Gasteiger charge is -2.38. The van der Waals surface area contributed by atoms with Gasteiger partial charge in [0.1, 0.15) is 29.0 Å². The largest absolute Gasteiger partial charge is 0.389 e. The van der Waals surface area contributed by atoms with E-state index < -0.39 is 18.2 Å². The summed E-state index contributed by atoms with van der Waals surface area (Å²) in [6.07, 6.45) is 2.40. The van der Waals surface area contributed by atoms with E-state index in [1.807, 2.05) is 0 Å². The summed E-state index contributed by atoms with van der Waals surface area (Å²) in [7, 11) is 0. The second-order valence-electron chi connectivity index (χ2n) is 8.63. The first-order valence-electron chi connectivity index (χ1n) is 10.9. The molecule has 1 aromatic carbocycles. The number of fused-ring (bicyclic) bond motifs is 1. The van der Waals surface area contributed by atoms with Gasteiger partial charge in [-0.3, -0.25) is 0 Å². The van der Waals surface area contributed by atoms with Crippen LogP contribution in [0.1, 0.15) is 53.3 Å². The molecular weight excluding hydrogens is 445 g/mol. The van der Waals surface area contributed by atoms with E-state index in [1.165, 1.54) is 10.6 Å². The molecular formula is C24H21F3N6O. The summed E-state index contributed by atoms with van der Waals surface area (Å²) in [5.74, 6) is 0.202. The summed E-state index contributed by atoms with van der Waals surface area (Å²) in [6.45, 7) is 2.18. The third kappa shape index (κ3) is 3.53. The van der Waals surface area contributed by atoms with Crippen LogP contribution in [0, 0.1) is 29.5 Å². The summed E-state index contributed by atoms with van der Waals surface area (Å²) in [5, 5.41) is 31.6. The van der Waals surface area contributed by atoms with E-state index in [9.17, 15) is 19.1 Å². The minimum Gasteiger partial charge on any atom is -0.389 e. The SMILES string of the molecule is Cc1nc2c(C#N)c(C(F)F)nn2c(N2CC(O)C2)c1/C=c1\ccc(C2CC2)c(F)\c1=C\C=N. The highest BCUT2D eigenvalue weighted by Gasteiger charge is 2.32. The Hall–Kier alpha value is -3.71. The second kappa shape index (κ2) is 8.25. The second-order valence-corrected chi connectivity index (χ2v) is 8.63. The Balaban J connectivity index is 1.82. The Bertz CT molecular complexity index is 1480. The molecule has 1 saturated heterocycles. The Kier molecular flexibility index (Phi) is 5.37. The van der Waals surface area contributed by atoms with Gasteiger partial charge in [-0.25, -0.2) is 18.2 Å². The number of nitrogens with zero attached hydrogens (tertiary/aromatic N) is 5. The van der Waals surface area contributed by atoms with Crippen molar-refractivity contribution in [2.75, 3.05) is 18.0 Å². The van der Waals surface area contributed by atoms with Gasteiger partial charge in [0.15, 0.2) is 5.65 Å². The highest BCUT2D eigenvalue weighted by molar-refractivity contribution is 5.88. The van der Waals surface area contributed by atoms with E-state index in [2.05, 4.69) is 10.1 Å². The van der Waals surface area contributed by atoms with E-state index in [-0.39, 0.29) is 41.3 Å². The molecule has 0 atom stereocenters. The van der Waals surface area contributed by atoms with Gasteiger partial charge in [0.2, 0.25) is 0 Å². The van der Waals surface area contributed by atoms with Gasteiger partial charge in [0.05, 0.1) is 11.8 Å². The van der Waals surface area contributed by atoms with Crippen LogP contribution >= 0.6 is 0 Å². The van der Waals surface area contributed by atoms with Gasteiger partial charge in [-0.15, -0.1) is 0 Å². The number of rotatable bonds is 5. The molecule has 10 heteroatoms. The Labute approximate surface area is 192 Å². The first-order chi connectivity index (χ1) is 16.3. The zero-order valence-corrected chi connectivity index (χ0v) is 18.3. The molecule has 2 fully saturated rings. The predicted octanol–water partition coefficient (Wildman–Crippen LogP) is 2.30. The summed E-state index contributed by atoms with van der Waals surface area (Å²) in [6, 6.07) is 5.30. The normalized spacial score (nSPS) is 17.5. The van der Waals surface area contributed by atoms with E-state index in [4.69, 9.17) is 5.41 Å². The van der Waals surface area contributed by atoms with Crippen LogP contribution in [-0.4, -0.2) is 45.1 Å². The number of aryl methyl sites for hydroxylation is 1. The number of β-amino-alcohol motifs (C(OH)–C–C–N with tert-alkyl or cyclic N) is 1. The van der Waals surface area contributed by atoms with Crippen molar-refractivity contribution in [1.29, 1.82) is 10.7 Å². The fraction of sp³-hybridized carbons (Fsp3) is 0.333. The van der Waals surface area contributed by atoms with Gasteiger partial charge in [-0.05, 0) is 48.6 Å². The lowest BCUT2D eigenvalue weighted by Crippen LogP contribution is -2.52. The topological polar surface area (TPSA) is 101 Å². The van der Waals surface area contributed by atoms with Gasteiger partial charge in [0.25, 0.3) is 6.43 Å². The number of hydrogen-bond acceptors (Lipinski definition) is 6. The number of aliphatic hydroxyl groups is 1. The molecule has 34 heavy (non-hydrogen) atoms. The highest BCUT2D eigenvalue weighted by atomic mass is 19.3. The molecule has 2 N–H and O–H groups in total. The average molecular weight is 466 g/mol. The molecule has 174 valence electrons. The third-order valence-corrected chi connectivity index (χ3v) is 6.28. The standard InChI is InChI=1S/C24H21F3N6O/c1-12-18(8-14-4-5-16(13-2-3-13)20(25)17(14)6-7-28)24(32-10-15(34)11-32)33-23(30-12)19(9-29)21(31-33)22(26)27/h4-8,13,15,22,28,34H,2-3,10-11H2,1H3/b14-8+,17-6+,28-7?. The maximum absolute atomic E-state index is 15.3. The molecule has 2 aromatic heterocycles. The predicted molar refractivity (Wildman–Crippen MR) is 120 cm³/mol. The Morgan fingerprint density at radius 1 is 1.29 bits per heavy atom. The molecule has 0 unspecified atom stereocenters. The van der Waals surface area contributed by atoms with Crippen molar-refractivity contribution in [2.24, 2.45) is 0 Å². The van der Waals surface area contributed by atoms with Crippen LogP contribution in [0.3, 0.4) is 0 Å². The minimum absolute atomic E-state index is 0.00498. The Morgan fingerprint density at radius 2 is 2.03 bits per heavy atom. The van der Waals surface area contributed by atoms with Gasteiger partial charge < -0.3 is 15.4 Å². The van der Waals surface area contributed by atoms with Crippen molar-refractivity contribution in [2.45, 2.75) is 38.2 Å². The van der Waals surface area contributed by atoms with Gasteiger partial charge >= 0.3 is 0 Å². The number of nitriles is 1. The van der Waals surface area contributed by atoms with Crippen molar-refractivity contribution < 1.29 is 18.3 Å². The van der Waals surface area contributed by atoms with E-state index in [0.717, 1.165) is 19.1 Å². The van der Waals surface area contributed by atoms with Crippen LogP contribution in [0.15, 0.2) is 12.1 Å². The quantitative estimate of drug-likeness (QED) is 0.562. The van der Waals surface area contributed by atoms with Crippen molar-refractivity contribution in [3.05, 3.63) is 56.5 Å². The van der Waals surface area contributed by atoms with Crippen LogP contribution in [0.25, 0.3) is 17.8 Å². The molecule has 1 aliphatic carbocycles. The first-order valence-corrected chi connectivity index (χ1v) is 10.9. The van der Waals surface area contributed by atoms with Crippen molar-refractivity contribution in [3.63, 3.8) is 0 Å². The number of alkyl halides is 2. The van der Waals surface area contributed by atoms with E-state index >= 15 is 4.39 Å². The highest BCUT2D eigenvalue weighted by Crippen LogP contribution is 2.40. The number of aliphatic hydroxyl groups excluding tert-OH is 1. The zero-order chi connectivity index (χ0) is 24.1. The van der Waals surface area contributed by atoms with Crippen LogP contribution in [-0.2, 0) is 0 Å². The number of anilines is 1. The lowest BCUT2D eigenvalue weighted by atomic mass is 10.0.